The highest BCUT2D eigenvalue weighted by Crippen LogP contribution is 2.49. The third-order valence-corrected chi connectivity index (χ3v) is 6.49. The minimum Gasteiger partial charge on any atom is -0.493 e. The molecular formula is C28H27NO4. The van der Waals surface area contributed by atoms with E-state index in [0.29, 0.717) is 24.3 Å². The number of ether oxygens (including phenoxy) is 2. The van der Waals surface area contributed by atoms with Gasteiger partial charge in [-0.15, -0.1) is 0 Å². The molecule has 0 radical (unpaired) electrons. The van der Waals surface area contributed by atoms with E-state index in [0.717, 1.165) is 58.1 Å². The number of methoxy groups -OCH3 is 1. The minimum absolute atomic E-state index is 0.185. The van der Waals surface area contributed by atoms with Gasteiger partial charge in [0.05, 0.1) is 7.11 Å². The molecule has 3 aromatic rings. The molecule has 168 valence electrons. The van der Waals surface area contributed by atoms with E-state index < -0.39 is 0 Å². The van der Waals surface area contributed by atoms with Gasteiger partial charge in [0.15, 0.2) is 17.3 Å². The fourth-order valence-corrected chi connectivity index (χ4v) is 5.01. The van der Waals surface area contributed by atoms with Crippen molar-refractivity contribution in [2.75, 3.05) is 12.4 Å². The summed E-state index contributed by atoms with van der Waals surface area (Å²) in [7, 11) is 1.57. The summed E-state index contributed by atoms with van der Waals surface area (Å²) < 4.78 is 11.1. The number of nitrogens with one attached hydrogen (secondary N) is 1. The highest BCUT2D eigenvalue weighted by molar-refractivity contribution is 6.04. The molecule has 0 amide bonds. The van der Waals surface area contributed by atoms with Gasteiger partial charge in [-0.05, 0) is 59.4 Å². The third-order valence-electron chi connectivity index (χ3n) is 6.49. The number of carbonyl (C=O) groups is 2. The van der Waals surface area contributed by atoms with Crippen LogP contribution in [0.1, 0.15) is 56.1 Å². The number of benzene rings is 3. The van der Waals surface area contributed by atoms with Crippen molar-refractivity contribution >= 4 is 28.2 Å². The molecule has 5 rings (SSSR count). The van der Waals surface area contributed by atoms with Crippen molar-refractivity contribution < 1.29 is 19.1 Å². The van der Waals surface area contributed by atoms with Crippen LogP contribution in [0.4, 0.5) is 5.69 Å². The van der Waals surface area contributed by atoms with Crippen LogP contribution in [0.25, 0.3) is 10.8 Å². The first-order valence-electron chi connectivity index (χ1n) is 11.5. The molecule has 0 aromatic heterocycles. The first-order chi connectivity index (χ1) is 16.1. The molecule has 0 saturated carbocycles. The Bertz CT molecular complexity index is 1290. The van der Waals surface area contributed by atoms with Crippen molar-refractivity contribution in [2.24, 2.45) is 0 Å². The molecule has 0 saturated heterocycles. The number of allylic oxidation sites excluding steroid dienone is 2. The molecule has 3 aromatic carbocycles. The number of ketones is 1. The van der Waals surface area contributed by atoms with Gasteiger partial charge in [0, 0.05) is 35.7 Å². The molecule has 5 nitrogen and oxygen atoms in total. The Balaban J connectivity index is 1.69. The van der Waals surface area contributed by atoms with Crippen molar-refractivity contribution in [3.63, 3.8) is 0 Å². The van der Waals surface area contributed by atoms with Crippen LogP contribution >= 0.6 is 0 Å². The average Bonchev–Trinajstić information content (AvgIpc) is 2.83. The summed E-state index contributed by atoms with van der Waals surface area (Å²) in [6.07, 6.45) is 3.34. The predicted molar refractivity (Wildman–Crippen MR) is 129 cm³/mol. The van der Waals surface area contributed by atoms with E-state index in [1.807, 2.05) is 31.2 Å². The van der Waals surface area contributed by atoms with Crippen LogP contribution in [0.5, 0.6) is 11.5 Å². The lowest BCUT2D eigenvalue weighted by atomic mass is 9.74. The number of fused-ring (bicyclic) bond motifs is 3. The Morgan fingerprint density at radius 2 is 1.91 bits per heavy atom. The molecule has 33 heavy (non-hydrogen) atoms. The molecule has 0 bridgehead atoms. The van der Waals surface area contributed by atoms with E-state index in [1.165, 1.54) is 0 Å². The second-order valence-electron chi connectivity index (χ2n) is 8.61. The van der Waals surface area contributed by atoms with E-state index in [4.69, 9.17) is 9.47 Å². The molecule has 5 heteroatoms. The number of esters is 1. The van der Waals surface area contributed by atoms with Crippen LogP contribution < -0.4 is 14.8 Å². The molecule has 0 unspecified atom stereocenters. The summed E-state index contributed by atoms with van der Waals surface area (Å²) in [6, 6.07) is 18.1. The van der Waals surface area contributed by atoms with Crippen LogP contribution in [0, 0.1) is 0 Å². The van der Waals surface area contributed by atoms with Gasteiger partial charge in [-0.1, -0.05) is 43.3 Å². The Kier molecular flexibility index (Phi) is 5.63. The minimum atomic E-state index is -0.283. The first-order valence-corrected chi connectivity index (χ1v) is 11.5. The number of Topliss-reactive ketones (excluding diaryl/α,β-unsaturated/α-hetero) is 1. The third kappa shape index (κ3) is 3.78. The maximum absolute atomic E-state index is 13.2. The van der Waals surface area contributed by atoms with Gasteiger partial charge in [-0.2, -0.15) is 0 Å². The summed E-state index contributed by atoms with van der Waals surface area (Å²) in [5.41, 5.74) is 4.92. The molecule has 1 N–H and O–H groups in total. The lowest BCUT2D eigenvalue weighted by Crippen LogP contribution is -2.27. The molecular weight excluding hydrogens is 414 g/mol. The number of carbonyl (C=O) groups excluding carboxylic acids is 2. The summed E-state index contributed by atoms with van der Waals surface area (Å²) in [6.45, 7) is 1.94. The lowest BCUT2D eigenvalue weighted by Gasteiger charge is -2.35. The smallest absolute Gasteiger partial charge is 0.311 e. The summed E-state index contributed by atoms with van der Waals surface area (Å²) >= 11 is 0. The van der Waals surface area contributed by atoms with E-state index in [-0.39, 0.29) is 17.7 Å². The van der Waals surface area contributed by atoms with Crippen molar-refractivity contribution in [2.45, 2.75) is 44.9 Å². The zero-order valence-electron chi connectivity index (χ0n) is 18.9. The Hall–Kier alpha value is -3.60. The second-order valence-corrected chi connectivity index (χ2v) is 8.61. The maximum Gasteiger partial charge on any atom is 0.311 e. The zero-order chi connectivity index (χ0) is 22.9. The molecule has 1 atom stereocenters. The Morgan fingerprint density at radius 1 is 1.06 bits per heavy atom. The van der Waals surface area contributed by atoms with E-state index in [2.05, 4.69) is 29.6 Å². The van der Waals surface area contributed by atoms with Gasteiger partial charge < -0.3 is 14.8 Å². The summed E-state index contributed by atoms with van der Waals surface area (Å²) in [5.74, 6) is 0.571. The Labute approximate surface area is 193 Å². The lowest BCUT2D eigenvalue weighted by molar-refractivity contribution is -0.134. The van der Waals surface area contributed by atoms with E-state index in [9.17, 15) is 9.59 Å². The van der Waals surface area contributed by atoms with Crippen molar-refractivity contribution in [3.8, 4) is 11.5 Å². The number of hydrogen-bond acceptors (Lipinski definition) is 5. The average molecular weight is 442 g/mol. The molecule has 2 aliphatic rings. The molecule has 1 heterocycles. The number of rotatable bonds is 5. The van der Waals surface area contributed by atoms with Gasteiger partial charge in [-0.3, -0.25) is 9.59 Å². The highest BCUT2D eigenvalue weighted by atomic mass is 16.6. The normalized spacial score (nSPS) is 17.3. The van der Waals surface area contributed by atoms with Crippen LogP contribution in [0.3, 0.4) is 0 Å². The number of hydrogen-bond donors (Lipinski definition) is 1. The fraction of sp³-hybridized carbons (Fsp3) is 0.286. The van der Waals surface area contributed by atoms with E-state index in [1.54, 1.807) is 13.2 Å². The molecule has 1 aliphatic heterocycles. The van der Waals surface area contributed by atoms with Crippen LogP contribution in [0.2, 0.25) is 0 Å². The Morgan fingerprint density at radius 3 is 2.73 bits per heavy atom. The zero-order valence-corrected chi connectivity index (χ0v) is 18.9. The SMILES string of the molecule is CCCC(=O)Oc1ccc([C@H]2C3=C(CCCC3=O)Nc3ccc4ccccc4c32)cc1OC. The predicted octanol–water partition coefficient (Wildman–Crippen LogP) is 6.12. The summed E-state index contributed by atoms with van der Waals surface area (Å²) in [5, 5.41) is 5.81. The molecule has 0 spiro atoms. The standard InChI is InChI=1S/C28H27NO4/c1-3-7-25(31)33-23-15-13-18(16-24(23)32-2)26-27-19-9-5-4-8-17(19)12-14-21(27)29-20-10-6-11-22(30)28(20)26/h4-5,8-9,12-16,26,29H,3,6-7,10-11H2,1-2H3/t26-/m1/s1. The van der Waals surface area contributed by atoms with Gasteiger partial charge in [0.25, 0.3) is 0 Å². The maximum atomic E-state index is 13.2. The second kappa shape index (κ2) is 8.74. The topological polar surface area (TPSA) is 64.6 Å². The van der Waals surface area contributed by atoms with Gasteiger partial charge in [-0.25, -0.2) is 0 Å². The monoisotopic (exact) mass is 441 g/mol. The van der Waals surface area contributed by atoms with Crippen molar-refractivity contribution in [3.05, 3.63) is 77.0 Å². The number of anilines is 1. The fourth-order valence-electron chi connectivity index (χ4n) is 5.01. The van der Waals surface area contributed by atoms with E-state index >= 15 is 0 Å². The highest BCUT2D eigenvalue weighted by Gasteiger charge is 2.36. The van der Waals surface area contributed by atoms with Gasteiger partial charge >= 0.3 is 5.97 Å². The van der Waals surface area contributed by atoms with Crippen molar-refractivity contribution in [1.82, 2.24) is 0 Å². The summed E-state index contributed by atoms with van der Waals surface area (Å²) in [4.78, 5) is 25.3. The largest absolute Gasteiger partial charge is 0.493 e. The molecule has 1 aliphatic carbocycles. The van der Waals surface area contributed by atoms with Crippen LogP contribution in [-0.2, 0) is 9.59 Å². The molecule has 0 fully saturated rings. The van der Waals surface area contributed by atoms with Crippen LogP contribution in [0.15, 0.2) is 65.9 Å². The van der Waals surface area contributed by atoms with Crippen molar-refractivity contribution in [1.29, 1.82) is 0 Å². The van der Waals surface area contributed by atoms with Gasteiger partial charge in [0.1, 0.15) is 0 Å². The first kappa shape index (κ1) is 21.3. The van der Waals surface area contributed by atoms with Crippen LogP contribution in [-0.4, -0.2) is 18.9 Å². The quantitative estimate of drug-likeness (QED) is 0.382. The van der Waals surface area contributed by atoms with Gasteiger partial charge in [0.2, 0.25) is 0 Å².